The van der Waals surface area contributed by atoms with E-state index in [0.29, 0.717) is 17.8 Å². The van der Waals surface area contributed by atoms with E-state index >= 15 is 0 Å². The van der Waals surface area contributed by atoms with E-state index in [2.05, 4.69) is 293 Å². The summed E-state index contributed by atoms with van der Waals surface area (Å²) in [5.74, 6) is 9.60. The normalized spacial score (nSPS) is 10.6. The molecule has 0 atom stereocenters. The second-order valence-corrected chi connectivity index (χ2v) is 31.2. The van der Waals surface area contributed by atoms with Crippen molar-refractivity contribution in [3.8, 4) is 33.9 Å². The number of rotatable bonds is 29. The molecule has 0 aliphatic carbocycles. The van der Waals surface area contributed by atoms with Crippen molar-refractivity contribution in [3.05, 3.63) is 240 Å². The third-order valence-electron chi connectivity index (χ3n) is 18.1. The molecule has 3 aromatic carbocycles. The van der Waals surface area contributed by atoms with Crippen molar-refractivity contribution in [1.29, 1.82) is 0 Å². The van der Waals surface area contributed by atoms with Crippen molar-refractivity contribution in [1.82, 2.24) is 59.2 Å². The van der Waals surface area contributed by atoms with E-state index < -0.39 is 0 Å². The fourth-order valence-corrected chi connectivity index (χ4v) is 13.1. The van der Waals surface area contributed by atoms with Gasteiger partial charge in [-0.3, -0.25) is 14.6 Å². The first-order chi connectivity index (χ1) is 53.5. The number of hydrogen-bond acceptors (Lipinski definition) is 8. The Hall–Kier alpha value is -9.16. The minimum absolute atomic E-state index is 0.527. The zero-order chi connectivity index (χ0) is 81.1. The first kappa shape index (κ1) is 94.2. The Bertz CT molecular complexity index is 4150. The summed E-state index contributed by atoms with van der Waals surface area (Å²) in [6, 6.07) is 33.5. The molecule has 18 heteroatoms. The molecule has 0 bridgehead atoms. The van der Waals surface area contributed by atoms with Gasteiger partial charge in [0.15, 0.2) is 17.3 Å². The number of aryl methyl sites for hydroxylation is 12. The summed E-state index contributed by atoms with van der Waals surface area (Å²) in [7, 11) is 4.23. The summed E-state index contributed by atoms with van der Waals surface area (Å²) in [6.07, 6.45) is 47.1. The molecule has 111 heavy (non-hydrogen) atoms. The van der Waals surface area contributed by atoms with Gasteiger partial charge in [0, 0.05) is 105 Å². The molecule has 0 saturated carbocycles. The van der Waals surface area contributed by atoms with Crippen LogP contribution in [0.2, 0.25) is 0 Å². The number of thiazole rings is 1. The lowest BCUT2D eigenvalue weighted by molar-refractivity contribution is -0.708. The fraction of sp³-hybridized carbons (Fsp3) is 0.505. The molecule has 0 spiro atoms. The monoisotopic (exact) mass is 1530 g/mol. The minimum atomic E-state index is 0.527. The number of H-pyrrole nitrogens is 4. The molecule has 9 heterocycles. The van der Waals surface area contributed by atoms with E-state index in [1.54, 1.807) is 30.0 Å². The van der Waals surface area contributed by atoms with E-state index in [-0.39, 0.29) is 0 Å². The highest BCUT2D eigenvalue weighted by Crippen LogP contribution is 2.31. The average molecular weight is 1530 g/mol. The standard InChI is InChI=1S/C22H18N2.C15H28N2.C12H22N2.2C10H18N2.C8H12N2.C6H10N2.C5H7NO.C5H7NS/c1-24-21(18-13-7-3-8-14-18)20(17-11-5-2-6-12-17)23-22(24)19-15-9-4-10-16-19;1-3-4-5-6-7-8-9-10-11-12-15-16-13-14-17(15)2;1-4-5-6-7-9-14-10-8-13-12(14)11(2)3;1-8(2)7-12-6-5-11-10(12)9(3)4;1-5-10-11-9(4)7-12(10)6-8(2)3;1-2-3-4-8-7-9-5-6-10-8;1-3-8-5-4-6(2)7-8;2*1-4-3-7-5(2)6-4/h2-16H,1H3;13-14H,3-12H2,1-2H3;8,10-11H,4-7,9H2,1-3H3;5-6,8-9H,7H2,1-4H3;7-8H,5-6H2,1-4H3;5-7H,2-4H2,1H3;4-5H,3H2,1-2H3;2*3H,1-2H3/p+4. The highest BCUT2D eigenvalue weighted by atomic mass is 32.1. The molecule has 604 valence electrons. The molecular weight excluding hydrogens is 1390 g/mol. The molecule has 0 saturated heterocycles. The zero-order valence-electron chi connectivity index (χ0n) is 72.3. The Morgan fingerprint density at radius 3 is 1.62 bits per heavy atom. The third kappa shape index (κ3) is 38.1. The maximum Gasteiger partial charge on any atom is 0.287 e. The van der Waals surface area contributed by atoms with Crippen LogP contribution in [0.15, 0.2) is 181 Å². The molecular formula is C93H144N16OS+4. The molecule has 0 aliphatic heterocycles. The first-order valence-corrected chi connectivity index (χ1v) is 42.4. The van der Waals surface area contributed by atoms with Gasteiger partial charge < -0.3 is 8.98 Å². The maximum atomic E-state index is 4.85. The van der Waals surface area contributed by atoms with Crippen LogP contribution < -0.4 is 18.3 Å². The summed E-state index contributed by atoms with van der Waals surface area (Å²) in [6.45, 7) is 44.9. The van der Waals surface area contributed by atoms with Crippen LogP contribution in [0.1, 0.15) is 261 Å². The van der Waals surface area contributed by atoms with E-state index in [1.165, 1.54) is 154 Å². The van der Waals surface area contributed by atoms with Crippen molar-refractivity contribution in [2.45, 2.75) is 285 Å². The molecule has 12 aromatic rings. The lowest BCUT2D eigenvalue weighted by Gasteiger charge is -2.11. The Labute approximate surface area is 673 Å². The minimum Gasteiger partial charge on any atom is -0.449 e. The van der Waals surface area contributed by atoms with Gasteiger partial charge in [0.05, 0.1) is 60.8 Å². The molecule has 0 amide bonds. The predicted molar refractivity (Wildman–Crippen MR) is 462 cm³/mol. The van der Waals surface area contributed by atoms with E-state index in [9.17, 15) is 0 Å². The number of nitrogens with zero attached hydrogens (tertiary/aromatic N) is 12. The zero-order valence-corrected chi connectivity index (χ0v) is 73.1. The van der Waals surface area contributed by atoms with Gasteiger partial charge in [0.25, 0.3) is 23.3 Å². The van der Waals surface area contributed by atoms with E-state index in [0.717, 1.165) is 90.1 Å². The van der Waals surface area contributed by atoms with Crippen LogP contribution in [0, 0.1) is 53.4 Å². The summed E-state index contributed by atoms with van der Waals surface area (Å²) in [5.41, 5.74) is 11.4. The second-order valence-electron chi connectivity index (χ2n) is 30.1. The molecule has 0 aliphatic rings. The summed E-state index contributed by atoms with van der Waals surface area (Å²) < 4.78 is 18.1. The number of oxazole rings is 1. The number of imidazole rings is 5. The smallest absolute Gasteiger partial charge is 0.287 e. The molecule has 0 radical (unpaired) electrons. The summed E-state index contributed by atoms with van der Waals surface area (Å²) in [5, 5.41) is 7.35. The van der Waals surface area contributed by atoms with Gasteiger partial charge in [0.2, 0.25) is 0 Å². The molecule has 0 fully saturated rings. The highest BCUT2D eigenvalue weighted by Gasteiger charge is 2.26. The van der Waals surface area contributed by atoms with Gasteiger partial charge in [-0.1, -0.05) is 233 Å². The van der Waals surface area contributed by atoms with Crippen molar-refractivity contribution < 1.29 is 22.7 Å². The average Bonchev–Trinajstić information content (AvgIpc) is 1.63. The van der Waals surface area contributed by atoms with Gasteiger partial charge in [-0.15, -0.1) is 11.3 Å². The third-order valence-corrected chi connectivity index (χ3v) is 19.0. The van der Waals surface area contributed by atoms with Crippen LogP contribution in [0.4, 0.5) is 0 Å². The second kappa shape index (κ2) is 55.3. The van der Waals surface area contributed by atoms with E-state index in [1.807, 2.05) is 88.5 Å². The SMILES string of the molecule is CC(C)Cn1ccnc1C(C)C.CCCCCCCCCCCc1[nH]cc[n+]1C.CCCCCC[n+]1cc[nH]c1C(C)C.CCCCc1cnccn1.CCc1[nH]c(C)c[n+]1CC(C)C.CCn1ccc(C)n1.C[n+]1c(-c2ccccc2)[nH]c(-c2ccccc2)c1-c1ccccc1.Cc1coc(C)n1.Cc1csc(C)n1. The largest absolute Gasteiger partial charge is 0.449 e. The summed E-state index contributed by atoms with van der Waals surface area (Å²) in [4.78, 5) is 34.1. The Kier molecular flexibility index (Phi) is 46.9. The van der Waals surface area contributed by atoms with Crippen LogP contribution in [0.25, 0.3) is 33.9 Å². The fourth-order valence-electron chi connectivity index (χ4n) is 12.5. The molecule has 12 rings (SSSR count). The molecule has 9 aromatic heterocycles. The maximum absolute atomic E-state index is 4.85. The topological polar surface area (TPSA) is 179 Å². The van der Waals surface area contributed by atoms with Crippen LogP contribution in [0.3, 0.4) is 0 Å². The molecule has 17 nitrogen and oxygen atoms in total. The quantitative estimate of drug-likeness (QED) is 0.0266. The molecule has 0 unspecified atom stereocenters. The van der Waals surface area contributed by atoms with Gasteiger partial charge >= 0.3 is 0 Å². The highest BCUT2D eigenvalue weighted by molar-refractivity contribution is 7.09. The Morgan fingerprint density at radius 1 is 0.541 bits per heavy atom. The number of nitrogens with one attached hydrogen (secondary N) is 4. The van der Waals surface area contributed by atoms with Crippen LogP contribution in [-0.4, -0.2) is 59.2 Å². The van der Waals surface area contributed by atoms with Gasteiger partial charge in [-0.2, -0.15) is 5.10 Å². The predicted octanol–water partition coefficient (Wildman–Crippen LogP) is 22.3. The first-order valence-electron chi connectivity index (χ1n) is 41.5. The van der Waals surface area contributed by atoms with E-state index in [4.69, 9.17) is 4.42 Å². The van der Waals surface area contributed by atoms with Gasteiger partial charge in [0.1, 0.15) is 48.8 Å². The number of benzene rings is 3. The molecule has 4 N–H and O–H groups in total. The van der Waals surface area contributed by atoms with Gasteiger partial charge in [-0.05, 0) is 96.8 Å². The summed E-state index contributed by atoms with van der Waals surface area (Å²) >= 11 is 1.69. The lowest BCUT2D eigenvalue weighted by Crippen LogP contribution is -2.38. The van der Waals surface area contributed by atoms with Crippen molar-refractivity contribution in [3.63, 3.8) is 0 Å². The number of aromatic amines is 4. The lowest BCUT2D eigenvalue weighted by atomic mass is 10.1. The van der Waals surface area contributed by atoms with Crippen LogP contribution in [-0.2, 0) is 59.5 Å². The number of unbranched alkanes of at least 4 members (excludes halogenated alkanes) is 12. The van der Waals surface area contributed by atoms with Crippen molar-refractivity contribution in [2.24, 2.45) is 25.9 Å². The van der Waals surface area contributed by atoms with Crippen LogP contribution in [0.5, 0.6) is 0 Å². The van der Waals surface area contributed by atoms with Crippen LogP contribution >= 0.6 is 11.3 Å². The number of hydrogen-bond donors (Lipinski definition) is 4. The van der Waals surface area contributed by atoms with Gasteiger partial charge in [-0.25, -0.2) is 53.2 Å². The van der Waals surface area contributed by atoms with Crippen molar-refractivity contribution >= 4 is 11.3 Å². The Balaban J connectivity index is 0.000000271. The Morgan fingerprint density at radius 2 is 1.15 bits per heavy atom. The van der Waals surface area contributed by atoms with Crippen molar-refractivity contribution in [2.75, 3.05) is 0 Å². The number of aromatic nitrogens is 16.